The van der Waals surface area contributed by atoms with Crippen LogP contribution in [0.15, 0.2) is 48.1 Å². The van der Waals surface area contributed by atoms with Gasteiger partial charge in [-0.3, -0.25) is 9.69 Å². The molecule has 0 saturated carbocycles. The number of aromatic nitrogens is 3. The summed E-state index contributed by atoms with van der Waals surface area (Å²) in [6.45, 7) is 8.25. The van der Waals surface area contributed by atoms with Crippen molar-refractivity contribution in [2.45, 2.75) is 45.2 Å². The molecule has 7 nitrogen and oxygen atoms in total. The second-order valence-corrected chi connectivity index (χ2v) is 9.35. The summed E-state index contributed by atoms with van der Waals surface area (Å²) < 4.78 is 0. The zero-order valence-electron chi connectivity index (χ0n) is 17.3. The summed E-state index contributed by atoms with van der Waals surface area (Å²) in [7, 11) is 0. The van der Waals surface area contributed by atoms with Gasteiger partial charge in [-0.1, -0.05) is 45.0 Å². The highest BCUT2D eigenvalue weighted by atomic mass is 32.1. The smallest absolute Gasteiger partial charge is 0.319 e. The lowest BCUT2D eigenvalue weighted by Gasteiger charge is -2.24. The number of rotatable bonds is 4. The topological polar surface area (TPSA) is 88.1 Å². The van der Waals surface area contributed by atoms with E-state index in [0.29, 0.717) is 16.5 Å². The molecule has 8 heteroatoms. The molecule has 1 aliphatic heterocycles. The molecule has 1 aromatic carbocycles. The van der Waals surface area contributed by atoms with E-state index in [1.54, 1.807) is 25.4 Å². The first kappa shape index (κ1) is 20.2. The standard InChI is InChI=1S/C22H23N5O2S/c1-21(2,3)14-6-8-15(9-7-14)22(4)19(28)27(20(29)26-22)12-16-13-30-18(25-16)17-23-10-5-11-24-17/h5-11,13H,12H2,1-4H3,(H,26,29). The number of carbonyl (C=O) groups excluding carboxylic acids is 2. The third-order valence-electron chi connectivity index (χ3n) is 5.23. The summed E-state index contributed by atoms with van der Waals surface area (Å²) in [6.07, 6.45) is 3.30. The highest BCUT2D eigenvalue weighted by Crippen LogP contribution is 2.32. The molecule has 1 saturated heterocycles. The van der Waals surface area contributed by atoms with E-state index < -0.39 is 11.6 Å². The van der Waals surface area contributed by atoms with Crippen molar-refractivity contribution in [2.75, 3.05) is 0 Å². The van der Waals surface area contributed by atoms with Gasteiger partial charge in [0, 0.05) is 17.8 Å². The van der Waals surface area contributed by atoms with Gasteiger partial charge in [-0.25, -0.2) is 19.7 Å². The number of hydrogen-bond donors (Lipinski definition) is 1. The maximum atomic E-state index is 13.2. The average Bonchev–Trinajstić information content (AvgIpc) is 3.27. The fourth-order valence-corrected chi connectivity index (χ4v) is 4.15. The van der Waals surface area contributed by atoms with Crippen LogP contribution in [-0.2, 0) is 22.3 Å². The molecule has 1 unspecified atom stereocenters. The van der Waals surface area contributed by atoms with E-state index in [4.69, 9.17) is 0 Å². The predicted octanol–water partition coefficient (Wildman–Crippen LogP) is 3.86. The molecule has 0 aliphatic carbocycles. The van der Waals surface area contributed by atoms with Gasteiger partial charge >= 0.3 is 6.03 Å². The number of benzene rings is 1. The summed E-state index contributed by atoms with van der Waals surface area (Å²) >= 11 is 1.38. The number of imide groups is 1. The van der Waals surface area contributed by atoms with Crippen LogP contribution < -0.4 is 5.32 Å². The highest BCUT2D eigenvalue weighted by Gasteiger charge is 2.49. The summed E-state index contributed by atoms with van der Waals surface area (Å²) in [5.74, 6) is 0.233. The molecule has 1 N–H and O–H groups in total. The maximum Gasteiger partial charge on any atom is 0.325 e. The number of nitrogens with zero attached hydrogens (tertiary/aromatic N) is 4. The van der Waals surface area contributed by atoms with Crippen molar-refractivity contribution in [2.24, 2.45) is 0 Å². The van der Waals surface area contributed by atoms with E-state index in [2.05, 4.69) is 41.0 Å². The molecule has 4 rings (SSSR count). The zero-order valence-corrected chi connectivity index (χ0v) is 18.2. The van der Waals surface area contributed by atoms with E-state index in [0.717, 1.165) is 5.56 Å². The Balaban J connectivity index is 1.55. The van der Waals surface area contributed by atoms with Crippen LogP contribution in [0.2, 0.25) is 0 Å². The quantitative estimate of drug-likeness (QED) is 0.646. The van der Waals surface area contributed by atoms with Gasteiger partial charge in [0.25, 0.3) is 5.91 Å². The van der Waals surface area contributed by atoms with Crippen LogP contribution in [0.3, 0.4) is 0 Å². The monoisotopic (exact) mass is 421 g/mol. The van der Waals surface area contributed by atoms with Crippen molar-refractivity contribution in [3.8, 4) is 10.8 Å². The number of amides is 3. The van der Waals surface area contributed by atoms with Gasteiger partial charge in [0.1, 0.15) is 5.54 Å². The number of nitrogens with one attached hydrogen (secondary N) is 1. The molecule has 154 valence electrons. The molecular formula is C22H23N5O2S. The van der Waals surface area contributed by atoms with Crippen LogP contribution in [0.5, 0.6) is 0 Å². The second kappa shape index (κ2) is 7.28. The largest absolute Gasteiger partial charge is 0.325 e. The molecule has 1 fully saturated rings. The summed E-state index contributed by atoms with van der Waals surface area (Å²) in [4.78, 5) is 39.9. The Morgan fingerprint density at radius 1 is 1.10 bits per heavy atom. The third-order valence-corrected chi connectivity index (χ3v) is 6.12. The molecule has 1 atom stereocenters. The minimum atomic E-state index is -1.10. The number of thiazole rings is 1. The molecule has 0 radical (unpaired) electrons. The predicted molar refractivity (Wildman–Crippen MR) is 115 cm³/mol. The highest BCUT2D eigenvalue weighted by molar-refractivity contribution is 7.13. The maximum absolute atomic E-state index is 13.2. The van der Waals surface area contributed by atoms with Crippen LogP contribution in [0, 0.1) is 0 Å². The minimum absolute atomic E-state index is 0.0131. The summed E-state index contributed by atoms with van der Waals surface area (Å²) in [6, 6.07) is 9.16. The SMILES string of the molecule is CC(C)(C)c1ccc(C2(C)NC(=O)N(Cc3csc(-c4ncccn4)n3)C2=O)cc1. The Hall–Kier alpha value is -3.13. The van der Waals surface area contributed by atoms with Crippen LogP contribution >= 0.6 is 11.3 Å². The van der Waals surface area contributed by atoms with Crippen molar-refractivity contribution in [1.29, 1.82) is 0 Å². The van der Waals surface area contributed by atoms with Gasteiger partial charge in [0.05, 0.1) is 12.2 Å². The van der Waals surface area contributed by atoms with Crippen molar-refractivity contribution in [1.82, 2.24) is 25.2 Å². The molecule has 1 aliphatic rings. The fourth-order valence-electron chi connectivity index (χ4n) is 3.39. The van der Waals surface area contributed by atoms with Crippen molar-refractivity contribution >= 4 is 23.3 Å². The van der Waals surface area contributed by atoms with E-state index >= 15 is 0 Å². The molecule has 3 heterocycles. The Labute approximate surface area is 179 Å². The minimum Gasteiger partial charge on any atom is -0.319 e. The van der Waals surface area contributed by atoms with E-state index in [1.807, 2.05) is 29.6 Å². The Morgan fingerprint density at radius 3 is 2.40 bits per heavy atom. The molecular weight excluding hydrogens is 398 g/mol. The number of urea groups is 1. The zero-order chi connectivity index (χ0) is 21.5. The Morgan fingerprint density at radius 2 is 1.77 bits per heavy atom. The van der Waals surface area contributed by atoms with Gasteiger partial charge in [-0.15, -0.1) is 11.3 Å². The lowest BCUT2D eigenvalue weighted by Crippen LogP contribution is -2.40. The van der Waals surface area contributed by atoms with E-state index in [9.17, 15) is 9.59 Å². The average molecular weight is 422 g/mol. The first-order valence-corrected chi connectivity index (χ1v) is 10.5. The second-order valence-electron chi connectivity index (χ2n) is 8.49. The van der Waals surface area contributed by atoms with Crippen LogP contribution in [0.4, 0.5) is 4.79 Å². The van der Waals surface area contributed by atoms with Crippen molar-refractivity contribution < 1.29 is 9.59 Å². The van der Waals surface area contributed by atoms with Crippen molar-refractivity contribution in [3.63, 3.8) is 0 Å². The molecule has 3 aromatic rings. The fraction of sp³-hybridized carbons (Fsp3) is 0.318. The first-order chi connectivity index (χ1) is 14.2. The normalized spacial score (nSPS) is 19.3. The molecule has 0 spiro atoms. The van der Waals surface area contributed by atoms with Crippen molar-refractivity contribution in [3.05, 3.63) is 64.9 Å². The lowest BCUT2D eigenvalue weighted by atomic mass is 9.84. The van der Waals surface area contributed by atoms with Gasteiger partial charge in [-0.2, -0.15) is 0 Å². The summed E-state index contributed by atoms with van der Waals surface area (Å²) in [5, 5.41) is 5.32. The number of hydrogen-bond acceptors (Lipinski definition) is 6. The van der Waals surface area contributed by atoms with Crippen LogP contribution in [-0.4, -0.2) is 31.8 Å². The molecule has 2 aromatic heterocycles. The van der Waals surface area contributed by atoms with Crippen LogP contribution in [0.1, 0.15) is 44.5 Å². The Bertz CT molecular complexity index is 1090. The Kier molecular flexibility index (Phi) is 4.89. The van der Waals surface area contributed by atoms with Crippen LogP contribution in [0.25, 0.3) is 10.8 Å². The first-order valence-electron chi connectivity index (χ1n) is 9.65. The third kappa shape index (κ3) is 3.59. The van der Waals surface area contributed by atoms with Gasteiger partial charge < -0.3 is 5.32 Å². The van der Waals surface area contributed by atoms with Gasteiger partial charge in [-0.05, 0) is 29.5 Å². The van der Waals surface area contributed by atoms with Gasteiger partial charge in [0.2, 0.25) is 0 Å². The number of carbonyl (C=O) groups is 2. The lowest BCUT2D eigenvalue weighted by molar-refractivity contribution is -0.131. The van der Waals surface area contributed by atoms with E-state index in [1.165, 1.54) is 21.8 Å². The van der Waals surface area contributed by atoms with E-state index in [-0.39, 0.29) is 17.9 Å². The molecule has 0 bridgehead atoms. The molecule has 3 amide bonds. The molecule has 30 heavy (non-hydrogen) atoms. The van der Waals surface area contributed by atoms with Gasteiger partial charge in [0.15, 0.2) is 10.8 Å². The summed E-state index contributed by atoms with van der Waals surface area (Å²) in [5.41, 5.74) is 1.46.